The van der Waals surface area contributed by atoms with E-state index in [2.05, 4.69) is 5.10 Å². The van der Waals surface area contributed by atoms with Crippen molar-refractivity contribution in [1.29, 1.82) is 5.41 Å². The average Bonchev–Trinajstić information content (AvgIpc) is 2.87. The van der Waals surface area contributed by atoms with Crippen LogP contribution in [0.4, 0.5) is 5.69 Å². The number of nitrogens with two attached hydrogens (primary N) is 1. The Labute approximate surface area is 113 Å². The molecule has 2 aromatic rings. The fraction of sp³-hybridized carbons (Fsp3) is 0.0909. The molecule has 0 saturated carbocycles. The zero-order valence-electron chi connectivity index (χ0n) is 10.0. The number of nitrogens with zero attached hydrogens (tertiary/aromatic N) is 3. The smallest absolute Gasteiger partial charge is 0.307 e. The number of aromatic nitrogens is 2. The second kappa shape index (κ2) is 5.11. The quantitative estimate of drug-likeness (QED) is 0.291. The standard InChI is InChI=1S/C11H11N5O2S/c1-19-9-4-2-3-8(10(9)11(12)13)15-6-7(5-14-15)16(17)18/h2-6H,1H3,(H3,12,13). The van der Waals surface area contributed by atoms with Gasteiger partial charge in [-0.15, -0.1) is 11.8 Å². The maximum absolute atomic E-state index is 10.7. The van der Waals surface area contributed by atoms with Crippen molar-refractivity contribution in [2.75, 3.05) is 6.26 Å². The van der Waals surface area contributed by atoms with Gasteiger partial charge in [-0.3, -0.25) is 15.5 Å². The third-order valence-electron chi connectivity index (χ3n) is 2.52. The Balaban J connectivity index is 2.60. The van der Waals surface area contributed by atoms with Crippen molar-refractivity contribution >= 4 is 23.3 Å². The van der Waals surface area contributed by atoms with Gasteiger partial charge in [-0.1, -0.05) is 6.07 Å². The number of benzene rings is 1. The maximum atomic E-state index is 10.7. The summed E-state index contributed by atoms with van der Waals surface area (Å²) in [5, 5.41) is 22.3. The van der Waals surface area contributed by atoms with Crippen molar-refractivity contribution < 1.29 is 4.92 Å². The number of nitro groups is 1. The van der Waals surface area contributed by atoms with Gasteiger partial charge in [-0.2, -0.15) is 5.10 Å². The van der Waals surface area contributed by atoms with Crippen molar-refractivity contribution in [3.8, 4) is 5.69 Å². The molecule has 0 atom stereocenters. The van der Waals surface area contributed by atoms with E-state index in [4.69, 9.17) is 11.1 Å². The fourth-order valence-corrected chi connectivity index (χ4v) is 2.32. The lowest BCUT2D eigenvalue weighted by Crippen LogP contribution is -2.16. The highest BCUT2D eigenvalue weighted by Gasteiger charge is 2.16. The van der Waals surface area contributed by atoms with Crippen LogP contribution in [0.15, 0.2) is 35.5 Å². The molecule has 19 heavy (non-hydrogen) atoms. The molecule has 0 amide bonds. The summed E-state index contributed by atoms with van der Waals surface area (Å²) in [6.45, 7) is 0. The molecule has 98 valence electrons. The zero-order valence-corrected chi connectivity index (χ0v) is 10.8. The van der Waals surface area contributed by atoms with Crippen LogP contribution in [0, 0.1) is 15.5 Å². The molecule has 3 N–H and O–H groups in total. The Morgan fingerprint density at radius 3 is 2.84 bits per heavy atom. The van der Waals surface area contributed by atoms with Gasteiger partial charge < -0.3 is 5.73 Å². The van der Waals surface area contributed by atoms with Crippen LogP contribution >= 0.6 is 11.8 Å². The number of hydrogen-bond acceptors (Lipinski definition) is 5. The van der Waals surface area contributed by atoms with Crippen molar-refractivity contribution in [2.24, 2.45) is 5.73 Å². The topological polar surface area (TPSA) is 111 Å². The van der Waals surface area contributed by atoms with Crippen LogP contribution in [-0.2, 0) is 0 Å². The van der Waals surface area contributed by atoms with Gasteiger partial charge in [-0.25, -0.2) is 4.68 Å². The van der Waals surface area contributed by atoms with Gasteiger partial charge in [0, 0.05) is 4.90 Å². The molecule has 0 aliphatic carbocycles. The first-order chi connectivity index (χ1) is 9.04. The summed E-state index contributed by atoms with van der Waals surface area (Å²) in [5.41, 5.74) is 6.55. The van der Waals surface area contributed by atoms with Crippen LogP contribution in [0.2, 0.25) is 0 Å². The molecule has 0 saturated heterocycles. The number of rotatable bonds is 4. The predicted molar refractivity (Wildman–Crippen MR) is 73.0 cm³/mol. The first-order valence-electron chi connectivity index (χ1n) is 5.25. The maximum Gasteiger partial charge on any atom is 0.307 e. The van der Waals surface area contributed by atoms with Gasteiger partial charge >= 0.3 is 5.69 Å². The number of nitrogens with one attached hydrogen (secondary N) is 1. The van der Waals surface area contributed by atoms with E-state index in [1.165, 1.54) is 22.6 Å². The summed E-state index contributed by atoms with van der Waals surface area (Å²) in [4.78, 5) is 11.0. The third-order valence-corrected chi connectivity index (χ3v) is 3.30. The Morgan fingerprint density at radius 2 is 2.32 bits per heavy atom. The highest BCUT2D eigenvalue weighted by Crippen LogP contribution is 2.26. The average molecular weight is 277 g/mol. The van der Waals surface area contributed by atoms with Gasteiger partial charge in [0.15, 0.2) is 0 Å². The first kappa shape index (κ1) is 13.1. The Kier molecular flexibility index (Phi) is 3.52. The predicted octanol–water partition coefficient (Wildman–Crippen LogP) is 1.79. The summed E-state index contributed by atoms with van der Waals surface area (Å²) < 4.78 is 1.36. The fourth-order valence-electron chi connectivity index (χ4n) is 1.69. The van der Waals surface area contributed by atoms with Crippen molar-refractivity contribution in [3.05, 3.63) is 46.3 Å². The van der Waals surface area contributed by atoms with Crippen LogP contribution < -0.4 is 5.73 Å². The molecule has 0 unspecified atom stereocenters. The molecule has 0 radical (unpaired) electrons. The zero-order chi connectivity index (χ0) is 14.0. The SMILES string of the molecule is CSc1cccc(-n2cc([N+](=O)[O-])cn2)c1C(=N)N. The van der Waals surface area contributed by atoms with Crippen molar-refractivity contribution in [1.82, 2.24) is 9.78 Å². The van der Waals surface area contributed by atoms with E-state index in [0.29, 0.717) is 11.3 Å². The van der Waals surface area contributed by atoms with Crippen LogP contribution in [0.1, 0.15) is 5.56 Å². The van der Waals surface area contributed by atoms with E-state index in [9.17, 15) is 10.1 Å². The number of hydrogen-bond donors (Lipinski definition) is 2. The highest BCUT2D eigenvalue weighted by molar-refractivity contribution is 7.98. The summed E-state index contributed by atoms with van der Waals surface area (Å²) in [6.07, 6.45) is 4.33. The minimum Gasteiger partial charge on any atom is -0.384 e. The molecule has 1 heterocycles. The number of nitrogen functional groups attached to an aromatic ring is 1. The Hall–Kier alpha value is -2.35. The normalized spacial score (nSPS) is 10.4. The minimum absolute atomic E-state index is 0.0990. The highest BCUT2D eigenvalue weighted by atomic mass is 32.2. The molecule has 8 heteroatoms. The summed E-state index contributed by atoms with van der Waals surface area (Å²) in [7, 11) is 0. The van der Waals surface area contributed by atoms with Gasteiger partial charge in [0.2, 0.25) is 0 Å². The van der Waals surface area contributed by atoms with Crippen LogP contribution in [0.5, 0.6) is 0 Å². The molecule has 0 bridgehead atoms. The van der Waals surface area contributed by atoms with E-state index in [-0.39, 0.29) is 11.5 Å². The van der Waals surface area contributed by atoms with Gasteiger partial charge in [0.25, 0.3) is 0 Å². The lowest BCUT2D eigenvalue weighted by molar-refractivity contribution is -0.384. The Morgan fingerprint density at radius 1 is 1.58 bits per heavy atom. The molecule has 0 fully saturated rings. The van der Waals surface area contributed by atoms with Crippen LogP contribution in [0.25, 0.3) is 5.69 Å². The van der Waals surface area contributed by atoms with E-state index >= 15 is 0 Å². The van der Waals surface area contributed by atoms with Gasteiger partial charge in [-0.05, 0) is 18.4 Å². The lowest BCUT2D eigenvalue weighted by atomic mass is 10.1. The van der Waals surface area contributed by atoms with E-state index in [1.807, 2.05) is 12.3 Å². The monoisotopic (exact) mass is 277 g/mol. The molecular formula is C11H11N5O2S. The molecule has 1 aromatic heterocycles. The number of amidine groups is 1. The third kappa shape index (κ3) is 2.43. The first-order valence-corrected chi connectivity index (χ1v) is 6.48. The number of thioether (sulfide) groups is 1. The van der Waals surface area contributed by atoms with Gasteiger partial charge in [0.1, 0.15) is 18.2 Å². The second-order valence-electron chi connectivity index (χ2n) is 3.67. The molecule has 7 nitrogen and oxygen atoms in total. The van der Waals surface area contributed by atoms with Crippen molar-refractivity contribution in [3.63, 3.8) is 0 Å². The molecule has 1 aromatic carbocycles. The largest absolute Gasteiger partial charge is 0.384 e. The molecule has 0 aliphatic heterocycles. The molecule has 0 aliphatic rings. The van der Waals surface area contributed by atoms with Crippen LogP contribution in [0.3, 0.4) is 0 Å². The van der Waals surface area contributed by atoms with Crippen molar-refractivity contribution in [2.45, 2.75) is 4.90 Å². The minimum atomic E-state index is -0.518. The second-order valence-corrected chi connectivity index (χ2v) is 4.52. The van der Waals surface area contributed by atoms with E-state index in [1.54, 1.807) is 12.1 Å². The van der Waals surface area contributed by atoms with E-state index < -0.39 is 4.92 Å². The molecule has 0 spiro atoms. The lowest BCUT2D eigenvalue weighted by Gasteiger charge is -2.11. The Bertz CT molecular complexity index is 652. The summed E-state index contributed by atoms with van der Waals surface area (Å²) in [5.74, 6) is -0.0990. The molecular weight excluding hydrogens is 266 g/mol. The van der Waals surface area contributed by atoms with Crippen LogP contribution in [-0.4, -0.2) is 26.8 Å². The van der Waals surface area contributed by atoms with E-state index in [0.717, 1.165) is 11.1 Å². The summed E-state index contributed by atoms with van der Waals surface area (Å²) >= 11 is 1.45. The van der Waals surface area contributed by atoms with Gasteiger partial charge in [0.05, 0.1) is 16.2 Å². The summed E-state index contributed by atoms with van der Waals surface area (Å²) in [6, 6.07) is 5.34. The molecule has 2 rings (SSSR count).